The van der Waals surface area contributed by atoms with Crippen LogP contribution < -0.4 is 4.74 Å². The van der Waals surface area contributed by atoms with E-state index in [4.69, 9.17) is 4.74 Å². The summed E-state index contributed by atoms with van der Waals surface area (Å²) < 4.78 is 9.59. The lowest BCUT2D eigenvalue weighted by molar-refractivity contribution is -0.138. The Morgan fingerprint density at radius 3 is 1.93 bits per heavy atom. The Labute approximate surface area is 176 Å². The van der Waals surface area contributed by atoms with Crippen LogP contribution in [-0.2, 0) is 9.53 Å². The third kappa shape index (κ3) is 15.5. The monoisotopic (exact) mass is 402 g/mol. The van der Waals surface area contributed by atoms with Gasteiger partial charge in [-0.2, -0.15) is 0 Å². The van der Waals surface area contributed by atoms with Crippen LogP contribution in [0.2, 0.25) is 0 Å². The van der Waals surface area contributed by atoms with E-state index in [1.807, 2.05) is 6.07 Å². The Morgan fingerprint density at radius 1 is 0.759 bits per heavy atom. The van der Waals surface area contributed by atoms with Gasteiger partial charge in [-0.05, 0) is 44.2 Å². The van der Waals surface area contributed by atoms with Crippen molar-refractivity contribution in [2.45, 2.75) is 96.8 Å². The number of rotatable bonds is 16. The van der Waals surface area contributed by atoms with Crippen LogP contribution in [0.1, 0.15) is 96.8 Å². The lowest BCUT2D eigenvalue weighted by Crippen LogP contribution is -2.16. The molecule has 0 aliphatic rings. The molecule has 29 heavy (non-hydrogen) atoms. The van der Waals surface area contributed by atoms with Gasteiger partial charge in [-0.1, -0.05) is 88.6 Å². The third-order valence-electron chi connectivity index (χ3n) is 4.78. The van der Waals surface area contributed by atoms with Gasteiger partial charge >= 0.3 is 12.1 Å². The Balaban J connectivity index is 1.88. The topological polar surface area (TPSA) is 52.6 Å². The first-order valence-electron chi connectivity index (χ1n) is 11.3. The minimum Gasteiger partial charge on any atom is -0.395 e. The second kappa shape index (κ2) is 18.0. The van der Waals surface area contributed by atoms with Gasteiger partial charge in [0.05, 0.1) is 0 Å². The Morgan fingerprint density at radius 2 is 1.31 bits per heavy atom. The molecule has 0 heterocycles. The van der Waals surface area contributed by atoms with Crippen molar-refractivity contribution in [2.24, 2.45) is 0 Å². The predicted molar refractivity (Wildman–Crippen MR) is 118 cm³/mol. The van der Waals surface area contributed by atoms with Crippen molar-refractivity contribution in [1.29, 1.82) is 0 Å². The molecule has 0 fully saturated rings. The van der Waals surface area contributed by atoms with Gasteiger partial charge in [0, 0.05) is 6.42 Å². The molecular weight excluding hydrogens is 364 g/mol. The van der Waals surface area contributed by atoms with Gasteiger partial charge in [0.25, 0.3) is 0 Å². The Kier molecular flexibility index (Phi) is 15.4. The molecule has 0 spiro atoms. The summed E-state index contributed by atoms with van der Waals surface area (Å²) >= 11 is 0. The molecule has 4 nitrogen and oxygen atoms in total. The van der Waals surface area contributed by atoms with E-state index in [2.05, 4.69) is 23.8 Å². The third-order valence-corrected chi connectivity index (χ3v) is 4.78. The first-order valence-corrected chi connectivity index (χ1v) is 11.3. The highest BCUT2D eigenvalue weighted by atomic mass is 16.7. The number of allylic oxidation sites excluding steroid dienone is 2. The smallest absolute Gasteiger partial charge is 0.395 e. The van der Waals surface area contributed by atoms with Crippen LogP contribution in [-0.4, -0.2) is 12.1 Å². The van der Waals surface area contributed by atoms with E-state index in [0.717, 1.165) is 25.7 Å². The average molecular weight is 403 g/mol. The normalized spacial score (nSPS) is 10.9. The molecule has 0 bridgehead atoms. The number of esters is 1. The van der Waals surface area contributed by atoms with Gasteiger partial charge in [0.15, 0.2) is 0 Å². The van der Waals surface area contributed by atoms with Crippen LogP contribution in [0.5, 0.6) is 5.75 Å². The first-order chi connectivity index (χ1) is 14.2. The van der Waals surface area contributed by atoms with Crippen molar-refractivity contribution in [2.75, 3.05) is 0 Å². The SMILES string of the molecule is CCCCCCCC/C=C/CCCCCCCC(=O)OC(=O)Oc1ccccc1. The predicted octanol–water partition coefficient (Wildman–Crippen LogP) is 7.77. The maximum absolute atomic E-state index is 11.6. The Bertz CT molecular complexity index is 565. The fourth-order valence-electron chi connectivity index (χ4n) is 3.09. The summed E-state index contributed by atoms with van der Waals surface area (Å²) in [4.78, 5) is 23.2. The highest BCUT2D eigenvalue weighted by Crippen LogP contribution is 2.12. The summed E-state index contributed by atoms with van der Waals surface area (Å²) in [6.07, 6.45) is 19.6. The van der Waals surface area contributed by atoms with Gasteiger partial charge in [0.2, 0.25) is 0 Å². The second-order valence-corrected chi connectivity index (χ2v) is 7.47. The molecule has 0 saturated carbocycles. The number of unbranched alkanes of at least 4 members (excludes halogenated alkanes) is 11. The number of carbonyl (C=O) groups excluding carboxylic acids is 2. The van der Waals surface area contributed by atoms with E-state index in [1.165, 1.54) is 57.8 Å². The summed E-state index contributed by atoms with van der Waals surface area (Å²) in [5.41, 5.74) is 0. The molecule has 0 aromatic heterocycles. The fourth-order valence-corrected chi connectivity index (χ4v) is 3.09. The number of carbonyl (C=O) groups is 2. The van der Waals surface area contributed by atoms with E-state index in [1.54, 1.807) is 24.3 Å². The fraction of sp³-hybridized carbons (Fsp3) is 0.600. The van der Waals surface area contributed by atoms with Crippen molar-refractivity contribution in [3.05, 3.63) is 42.5 Å². The maximum Gasteiger partial charge on any atom is 0.521 e. The van der Waals surface area contributed by atoms with Gasteiger partial charge < -0.3 is 9.47 Å². The zero-order chi connectivity index (χ0) is 21.0. The molecular formula is C25H38O4. The van der Waals surface area contributed by atoms with Crippen LogP contribution >= 0.6 is 0 Å². The lowest BCUT2D eigenvalue weighted by Gasteiger charge is -2.04. The number of hydrogen-bond donors (Lipinski definition) is 0. The molecule has 0 radical (unpaired) electrons. The zero-order valence-corrected chi connectivity index (χ0v) is 18.1. The number of para-hydroxylation sites is 1. The van der Waals surface area contributed by atoms with Gasteiger partial charge in [-0.3, -0.25) is 4.79 Å². The van der Waals surface area contributed by atoms with Gasteiger partial charge in [-0.15, -0.1) is 0 Å². The van der Waals surface area contributed by atoms with Crippen molar-refractivity contribution in [3.8, 4) is 5.75 Å². The van der Waals surface area contributed by atoms with Crippen LogP contribution in [0.3, 0.4) is 0 Å². The van der Waals surface area contributed by atoms with E-state index in [9.17, 15) is 9.59 Å². The molecule has 4 heteroatoms. The van der Waals surface area contributed by atoms with Crippen LogP contribution in [0.25, 0.3) is 0 Å². The lowest BCUT2D eigenvalue weighted by atomic mass is 10.1. The molecule has 1 rings (SSSR count). The Hall–Kier alpha value is -2.10. The summed E-state index contributed by atoms with van der Waals surface area (Å²) in [6, 6.07) is 8.58. The summed E-state index contributed by atoms with van der Waals surface area (Å²) in [6.45, 7) is 2.25. The molecule has 0 saturated heterocycles. The van der Waals surface area contributed by atoms with E-state index >= 15 is 0 Å². The largest absolute Gasteiger partial charge is 0.521 e. The number of hydrogen-bond acceptors (Lipinski definition) is 4. The molecule has 162 valence electrons. The summed E-state index contributed by atoms with van der Waals surface area (Å²) in [5, 5.41) is 0. The van der Waals surface area contributed by atoms with Crippen LogP contribution in [0.15, 0.2) is 42.5 Å². The molecule has 0 amide bonds. The van der Waals surface area contributed by atoms with Crippen LogP contribution in [0.4, 0.5) is 4.79 Å². The van der Waals surface area contributed by atoms with Crippen molar-refractivity contribution in [3.63, 3.8) is 0 Å². The molecule has 0 atom stereocenters. The van der Waals surface area contributed by atoms with Gasteiger partial charge in [-0.25, -0.2) is 4.79 Å². The highest BCUT2D eigenvalue weighted by Gasteiger charge is 2.12. The minimum atomic E-state index is -0.964. The number of benzene rings is 1. The van der Waals surface area contributed by atoms with E-state index in [0.29, 0.717) is 5.75 Å². The standard InChI is InChI=1S/C25H38O4/c1-2-3-4-5-6-7-8-9-10-11-12-13-14-15-19-22-24(26)29-25(27)28-23-20-17-16-18-21-23/h9-10,16-18,20-21H,2-8,11-15,19,22H2,1H3/b10-9+. The molecule has 0 aliphatic heterocycles. The quantitative estimate of drug-likeness (QED) is 0.0931. The average Bonchev–Trinajstić information content (AvgIpc) is 2.71. The van der Waals surface area contributed by atoms with Gasteiger partial charge in [0.1, 0.15) is 5.75 Å². The second-order valence-electron chi connectivity index (χ2n) is 7.47. The molecule has 1 aromatic rings. The molecule has 0 N–H and O–H groups in total. The van der Waals surface area contributed by atoms with E-state index in [-0.39, 0.29) is 6.42 Å². The maximum atomic E-state index is 11.6. The van der Waals surface area contributed by atoms with Crippen molar-refractivity contribution in [1.82, 2.24) is 0 Å². The minimum absolute atomic E-state index is 0.252. The summed E-state index contributed by atoms with van der Waals surface area (Å²) in [7, 11) is 0. The first kappa shape index (κ1) is 24.9. The van der Waals surface area contributed by atoms with Crippen molar-refractivity contribution >= 4 is 12.1 Å². The number of ether oxygens (including phenoxy) is 2. The summed E-state index contributed by atoms with van der Waals surface area (Å²) in [5.74, 6) is -0.158. The van der Waals surface area contributed by atoms with E-state index < -0.39 is 12.1 Å². The van der Waals surface area contributed by atoms with Crippen LogP contribution in [0, 0.1) is 0 Å². The highest BCUT2D eigenvalue weighted by molar-refractivity contribution is 5.82. The van der Waals surface area contributed by atoms with Crippen molar-refractivity contribution < 1.29 is 19.1 Å². The molecule has 0 aliphatic carbocycles. The molecule has 1 aromatic carbocycles. The molecule has 0 unspecified atom stereocenters. The zero-order valence-electron chi connectivity index (χ0n) is 18.1.